The topological polar surface area (TPSA) is 81.1 Å². The molecule has 1 aromatic carbocycles. The van der Waals surface area contributed by atoms with Crippen LogP contribution in [0, 0.1) is 5.82 Å². The minimum Gasteiger partial charge on any atom is -0.268 e. The molecule has 0 atom stereocenters. The van der Waals surface area contributed by atoms with Crippen molar-refractivity contribution in [1.29, 1.82) is 0 Å². The second-order valence-electron chi connectivity index (χ2n) is 5.87. The van der Waals surface area contributed by atoms with Gasteiger partial charge < -0.3 is 0 Å². The van der Waals surface area contributed by atoms with Crippen LogP contribution in [0.4, 0.5) is 4.39 Å². The van der Waals surface area contributed by atoms with E-state index in [0.29, 0.717) is 11.5 Å². The summed E-state index contributed by atoms with van der Waals surface area (Å²) < 4.78 is 40.6. The molecule has 1 aromatic heterocycles. The Morgan fingerprint density at radius 3 is 2.54 bits per heavy atom. The number of aromatic nitrogens is 2. The lowest BCUT2D eigenvalue weighted by molar-refractivity contribution is 0.540. The molecule has 24 heavy (non-hydrogen) atoms. The SMILES string of the molecule is O=c1ccc(C2CC2)nn1CCNS(=O)(=O)Cc1ccc(F)cc1. The van der Waals surface area contributed by atoms with Gasteiger partial charge in [0.2, 0.25) is 10.0 Å². The number of nitrogens with one attached hydrogen (secondary N) is 1. The predicted molar refractivity (Wildman–Crippen MR) is 87.5 cm³/mol. The molecule has 128 valence electrons. The highest BCUT2D eigenvalue weighted by molar-refractivity contribution is 7.88. The fourth-order valence-corrected chi connectivity index (χ4v) is 3.52. The molecule has 0 saturated heterocycles. The summed E-state index contributed by atoms with van der Waals surface area (Å²) in [5.41, 5.74) is 1.12. The molecule has 0 aliphatic heterocycles. The third kappa shape index (κ3) is 4.48. The number of hydrogen-bond acceptors (Lipinski definition) is 4. The summed E-state index contributed by atoms with van der Waals surface area (Å²) in [6.45, 7) is 0.243. The first-order valence-electron chi connectivity index (χ1n) is 7.73. The summed E-state index contributed by atoms with van der Waals surface area (Å²) >= 11 is 0. The van der Waals surface area contributed by atoms with Gasteiger partial charge in [-0.1, -0.05) is 12.1 Å². The minimum absolute atomic E-state index is 0.0740. The molecule has 1 aliphatic carbocycles. The summed E-state index contributed by atoms with van der Waals surface area (Å²) in [6, 6.07) is 8.50. The molecular formula is C16H18FN3O3S. The van der Waals surface area contributed by atoms with Crippen LogP contribution >= 0.6 is 0 Å². The average Bonchev–Trinajstić information content (AvgIpc) is 3.36. The van der Waals surface area contributed by atoms with E-state index in [2.05, 4.69) is 9.82 Å². The van der Waals surface area contributed by atoms with Crippen molar-refractivity contribution in [3.8, 4) is 0 Å². The number of hydrogen-bond donors (Lipinski definition) is 1. The normalized spacial score (nSPS) is 14.7. The van der Waals surface area contributed by atoms with Crippen LogP contribution in [0.15, 0.2) is 41.2 Å². The molecule has 0 amide bonds. The molecule has 1 heterocycles. The van der Waals surface area contributed by atoms with Crippen molar-refractivity contribution in [3.63, 3.8) is 0 Å². The molecule has 1 saturated carbocycles. The van der Waals surface area contributed by atoms with Crippen molar-refractivity contribution in [3.05, 3.63) is 63.8 Å². The third-order valence-electron chi connectivity index (χ3n) is 3.80. The fraction of sp³-hybridized carbons (Fsp3) is 0.375. The fourth-order valence-electron chi connectivity index (χ4n) is 2.38. The number of rotatable bonds is 7. The van der Waals surface area contributed by atoms with E-state index in [1.165, 1.54) is 35.0 Å². The van der Waals surface area contributed by atoms with Gasteiger partial charge in [-0.15, -0.1) is 0 Å². The Labute approximate surface area is 139 Å². The minimum atomic E-state index is -3.56. The van der Waals surface area contributed by atoms with Crippen molar-refractivity contribution < 1.29 is 12.8 Å². The monoisotopic (exact) mass is 351 g/mol. The van der Waals surface area contributed by atoms with E-state index < -0.39 is 15.8 Å². The standard InChI is InChI=1S/C16H18FN3O3S/c17-14-5-1-12(2-6-14)11-24(22,23)18-9-10-20-16(21)8-7-15(19-20)13-3-4-13/h1-2,5-8,13,18H,3-4,9-11H2. The van der Waals surface area contributed by atoms with E-state index in [0.717, 1.165) is 18.5 Å². The van der Waals surface area contributed by atoms with Crippen LogP contribution in [-0.4, -0.2) is 24.7 Å². The van der Waals surface area contributed by atoms with Gasteiger partial charge in [0.05, 0.1) is 18.0 Å². The number of nitrogens with zero attached hydrogens (tertiary/aromatic N) is 2. The Bertz CT molecular complexity index is 874. The van der Waals surface area contributed by atoms with E-state index in [1.54, 1.807) is 6.07 Å². The molecule has 1 fully saturated rings. The highest BCUT2D eigenvalue weighted by Gasteiger charge is 2.25. The van der Waals surface area contributed by atoms with Gasteiger partial charge in [-0.05, 0) is 36.6 Å². The summed E-state index contributed by atoms with van der Waals surface area (Å²) in [6.07, 6.45) is 2.16. The van der Waals surface area contributed by atoms with Crippen molar-refractivity contribution in [2.45, 2.75) is 31.1 Å². The molecule has 0 spiro atoms. The van der Waals surface area contributed by atoms with E-state index in [1.807, 2.05) is 0 Å². The van der Waals surface area contributed by atoms with Crippen LogP contribution in [-0.2, 0) is 22.3 Å². The van der Waals surface area contributed by atoms with Crippen molar-refractivity contribution in [2.75, 3.05) is 6.54 Å². The highest BCUT2D eigenvalue weighted by atomic mass is 32.2. The zero-order valence-electron chi connectivity index (χ0n) is 13.0. The zero-order chi connectivity index (χ0) is 17.2. The van der Waals surface area contributed by atoms with E-state index in [9.17, 15) is 17.6 Å². The first-order valence-corrected chi connectivity index (χ1v) is 9.38. The quantitative estimate of drug-likeness (QED) is 0.817. The number of benzene rings is 1. The van der Waals surface area contributed by atoms with Gasteiger partial charge in [0.15, 0.2) is 0 Å². The Balaban J connectivity index is 1.58. The molecule has 0 unspecified atom stereocenters. The smallest absolute Gasteiger partial charge is 0.266 e. The lowest BCUT2D eigenvalue weighted by atomic mass is 10.2. The Kier molecular flexibility index (Phi) is 4.77. The average molecular weight is 351 g/mol. The molecule has 0 radical (unpaired) electrons. The molecule has 2 aromatic rings. The largest absolute Gasteiger partial charge is 0.268 e. The molecule has 1 N–H and O–H groups in total. The van der Waals surface area contributed by atoms with Gasteiger partial charge in [-0.2, -0.15) is 5.10 Å². The first kappa shape index (κ1) is 16.8. The van der Waals surface area contributed by atoms with Crippen LogP contribution in [0.3, 0.4) is 0 Å². The van der Waals surface area contributed by atoms with E-state index in [4.69, 9.17) is 0 Å². The third-order valence-corrected chi connectivity index (χ3v) is 5.16. The maximum atomic E-state index is 12.8. The lowest BCUT2D eigenvalue weighted by Crippen LogP contribution is -2.32. The summed E-state index contributed by atoms with van der Waals surface area (Å²) in [4.78, 5) is 11.8. The van der Waals surface area contributed by atoms with Gasteiger partial charge >= 0.3 is 0 Å². The van der Waals surface area contributed by atoms with Gasteiger partial charge in [0.1, 0.15) is 5.82 Å². The predicted octanol–water partition coefficient (Wildman–Crippen LogP) is 1.38. The zero-order valence-corrected chi connectivity index (χ0v) is 13.8. The number of sulfonamides is 1. The van der Waals surface area contributed by atoms with Crippen LogP contribution < -0.4 is 10.3 Å². The molecule has 0 bridgehead atoms. The van der Waals surface area contributed by atoms with Crippen molar-refractivity contribution in [2.24, 2.45) is 0 Å². The first-order chi connectivity index (χ1) is 11.4. The molecule has 6 nitrogen and oxygen atoms in total. The van der Waals surface area contributed by atoms with Crippen LogP contribution in [0.5, 0.6) is 0 Å². The van der Waals surface area contributed by atoms with Crippen LogP contribution in [0.25, 0.3) is 0 Å². The van der Waals surface area contributed by atoms with Gasteiger partial charge in [0, 0.05) is 18.5 Å². The molecule has 8 heteroatoms. The Morgan fingerprint density at radius 2 is 1.88 bits per heavy atom. The van der Waals surface area contributed by atoms with Crippen LogP contribution in [0.2, 0.25) is 0 Å². The summed E-state index contributed by atoms with van der Waals surface area (Å²) in [7, 11) is -3.56. The van der Waals surface area contributed by atoms with Crippen molar-refractivity contribution in [1.82, 2.24) is 14.5 Å². The lowest BCUT2D eigenvalue weighted by Gasteiger charge is -2.09. The Hall–Kier alpha value is -2.06. The maximum absolute atomic E-state index is 12.8. The van der Waals surface area contributed by atoms with Gasteiger partial charge in [-0.25, -0.2) is 22.2 Å². The van der Waals surface area contributed by atoms with E-state index in [-0.39, 0.29) is 24.4 Å². The highest BCUT2D eigenvalue weighted by Crippen LogP contribution is 2.38. The van der Waals surface area contributed by atoms with Crippen LogP contribution in [0.1, 0.15) is 30.0 Å². The molecular weight excluding hydrogens is 333 g/mol. The second-order valence-corrected chi connectivity index (χ2v) is 7.68. The van der Waals surface area contributed by atoms with Gasteiger partial charge in [-0.3, -0.25) is 4.79 Å². The summed E-state index contributed by atoms with van der Waals surface area (Å²) in [5, 5.41) is 4.28. The second kappa shape index (κ2) is 6.82. The van der Waals surface area contributed by atoms with E-state index >= 15 is 0 Å². The maximum Gasteiger partial charge on any atom is 0.266 e. The van der Waals surface area contributed by atoms with Crippen molar-refractivity contribution >= 4 is 10.0 Å². The molecule has 1 aliphatic rings. The summed E-state index contributed by atoms with van der Waals surface area (Å²) in [5.74, 6) is -0.227. The Morgan fingerprint density at radius 1 is 1.17 bits per heavy atom. The molecule has 3 rings (SSSR count). The van der Waals surface area contributed by atoms with Gasteiger partial charge in [0.25, 0.3) is 5.56 Å². The number of halogens is 1.